The van der Waals surface area contributed by atoms with Gasteiger partial charge in [0.05, 0.1) is 18.6 Å². The van der Waals surface area contributed by atoms with Crippen LogP contribution in [0.5, 0.6) is 11.5 Å². The molecule has 3 rings (SSSR count). The summed E-state index contributed by atoms with van der Waals surface area (Å²) < 4.78 is 24.9. The summed E-state index contributed by atoms with van der Waals surface area (Å²) in [5.74, 6) is 0.441. The van der Waals surface area contributed by atoms with Gasteiger partial charge in [-0.05, 0) is 55.5 Å². The summed E-state index contributed by atoms with van der Waals surface area (Å²) >= 11 is 0. The highest BCUT2D eigenvalue weighted by Gasteiger charge is 2.06. The second kappa shape index (κ2) is 10.2. The lowest BCUT2D eigenvalue weighted by atomic mass is 10.1. The molecule has 30 heavy (non-hydrogen) atoms. The molecule has 1 heterocycles. The van der Waals surface area contributed by atoms with E-state index in [-0.39, 0.29) is 37.0 Å². The average Bonchev–Trinajstić information content (AvgIpc) is 2.75. The minimum Gasteiger partial charge on any atom is -0.494 e. The smallest absolute Gasteiger partial charge is 0.258 e. The largest absolute Gasteiger partial charge is 0.494 e. The molecular formula is C22H22FN3O4. The number of aromatic nitrogens is 2. The summed E-state index contributed by atoms with van der Waals surface area (Å²) in [4.78, 5) is 28.5. The number of carbonyl (C=O) groups excluding carboxylic acids is 1. The fourth-order valence-electron chi connectivity index (χ4n) is 2.69. The van der Waals surface area contributed by atoms with E-state index in [9.17, 15) is 14.0 Å². The second-order valence-electron chi connectivity index (χ2n) is 6.36. The number of amides is 1. The fraction of sp³-hybridized carbons (Fsp3) is 0.227. The highest BCUT2D eigenvalue weighted by molar-refractivity contribution is 5.77. The number of hydrogen-bond acceptors (Lipinski definition) is 5. The average molecular weight is 411 g/mol. The fourth-order valence-corrected chi connectivity index (χ4v) is 2.69. The van der Waals surface area contributed by atoms with Crippen molar-refractivity contribution in [3.05, 3.63) is 77.1 Å². The molecule has 0 fully saturated rings. The summed E-state index contributed by atoms with van der Waals surface area (Å²) in [6, 6.07) is 14.2. The van der Waals surface area contributed by atoms with Crippen molar-refractivity contribution in [2.24, 2.45) is 0 Å². The van der Waals surface area contributed by atoms with E-state index in [2.05, 4.69) is 10.3 Å². The van der Waals surface area contributed by atoms with Crippen LogP contribution in [-0.4, -0.2) is 35.2 Å². The number of nitrogens with one attached hydrogen (secondary N) is 1. The minimum absolute atomic E-state index is 0.199. The Morgan fingerprint density at radius 3 is 2.40 bits per heavy atom. The molecule has 156 valence electrons. The summed E-state index contributed by atoms with van der Waals surface area (Å²) in [5, 5.41) is 2.67. The third-order valence-corrected chi connectivity index (χ3v) is 4.20. The molecular weight excluding hydrogens is 389 g/mol. The molecule has 0 radical (unpaired) electrons. The number of carbonyl (C=O) groups is 1. The molecule has 0 spiro atoms. The SMILES string of the molecule is CCOc1ccc(-c2cc(=O)n(CCNC(=O)COc3ccc(F)cc3)cn2)cc1. The lowest BCUT2D eigenvalue weighted by molar-refractivity contribution is -0.123. The summed E-state index contributed by atoms with van der Waals surface area (Å²) in [7, 11) is 0. The quantitative estimate of drug-likeness (QED) is 0.585. The van der Waals surface area contributed by atoms with Crippen molar-refractivity contribution in [2.75, 3.05) is 19.8 Å². The molecule has 8 heteroatoms. The van der Waals surface area contributed by atoms with Crippen molar-refractivity contribution in [1.29, 1.82) is 0 Å². The molecule has 0 saturated heterocycles. The zero-order chi connectivity index (χ0) is 21.3. The number of rotatable bonds is 9. The molecule has 0 aliphatic rings. The van der Waals surface area contributed by atoms with Gasteiger partial charge in [0, 0.05) is 24.7 Å². The van der Waals surface area contributed by atoms with Crippen LogP contribution in [-0.2, 0) is 11.3 Å². The van der Waals surface area contributed by atoms with Gasteiger partial charge in [0.1, 0.15) is 17.3 Å². The minimum atomic E-state index is -0.376. The van der Waals surface area contributed by atoms with Gasteiger partial charge in [-0.3, -0.25) is 14.2 Å². The van der Waals surface area contributed by atoms with Gasteiger partial charge in [-0.2, -0.15) is 0 Å². The second-order valence-corrected chi connectivity index (χ2v) is 6.36. The van der Waals surface area contributed by atoms with Crippen LogP contribution in [0.3, 0.4) is 0 Å². The lowest BCUT2D eigenvalue weighted by Crippen LogP contribution is -2.33. The van der Waals surface area contributed by atoms with Gasteiger partial charge in [-0.1, -0.05) is 0 Å². The van der Waals surface area contributed by atoms with Gasteiger partial charge in [-0.15, -0.1) is 0 Å². The van der Waals surface area contributed by atoms with Gasteiger partial charge >= 0.3 is 0 Å². The molecule has 0 saturated carbocycles. The van der Waals surface area contributed by atoms with Crippen LogP contribution in [0, 0.1) is 5.82 Å². The third-order valence-electron chi connectivity index (χ3n) is 4.20. The van der Waals surface area contributed by atoms with Crippen LogP contribution in [0.1, 0.15) is 6.92 Å². The van der Waals surface area contributed by atoms with Gasteiger partial charge in [-0.25, -0.2) is 9.37 Å². The van der Waals surface area contributed by atoms with Crippen LogP contribution >= 0.6 is 0 Å². The number of ether oxygens (including phenoxy) is 2. The molecule has 0 aliphatic carbocycles. The molecule has 0 aliphatic heterocycles. The van der Waals surface area contributed by atoms with Crippen molar-refractivity contribution in [2.45, 2.75) is 13.5 Å². The standard InChI is InChI=1S/C22H22FN3O4/c1-2-29-18-7-3-16(4-8-18)20-13-22(28)26(15-25-20)12-11-24-21(27)14-30-19-9-5-17(23)6-10-19/h3-10,13,15H,2,11-12,14H2,1H3,(H,24,27). The first-order chi connectivity index (χ1) is 14.5. The van der Waals surface area contributed by atoms with Crippen molar-refractivity contribution >= 4 is 5.91 Å². The predicted octanol–water partition coefficient (Wildman–Crippen LogP) is 2.64. The first-order valence-corrected chi connectivity index (χ1v) is 9.50. The maximum Gasteiger partial charge on any atom is 0.258 e. The monoisotopic (exact) mass is 411 g/mol. The Hall–Kier alpha value is -3.68. The van der Waals surface area contributed by atoms with Crippen LogP contribution < -0.4 is 20.3 Å². The van der Waals surface area contributed by atoms with Gasteiger partial charge < -0.3 is 14.8 Å². The Labute approximate surface area is 173 Å². The molecule has 1 amide bonds. The van der Waals surface area contributed by atoms with Gasteiger partial charge in [0.15, 0.2) is 6.61 Å². The Morgan fingerprint density at radius 2 is 1.73 bits per heavy atom. The van der Waals surface area contributed by atoms with E-state index in [0.717, 1.165) is 11.3 Å². The summed E-state index contributed by atoms with van der Waals surface area (Å²) in [6.07, 6.45) is 1.45. The topological polar surface area (TPSA) is 82.5 Å². The lowest BCUT2D eigenvalue weighted by Gasteiger charge is -2.09. The Bertz CT molecular complexity index is 1030. The highest BCUT2D eigenvalue weighted by atomic mass is 19.1. The molecule has 3 aromatic rings. The van der Waals surface area contributed by atoms with E-state index < -0.39 is 0 Å². The first kappa shape index (κ1) is 21.0. The Balaban J connectivity index is 1.49. The molecule has 0 bridgehead atoms. The predicted molar refractivity (Wildman–Crippen MR) is 110 cm³/mol. The van der Waals surface area contributed by atoms with E-state index >= 15 is 0 Å². The highest BCUT2D eigenvalue weighted by Crippen LogP contribution is 2.19. The van der Waals surface area contributed by atoms with E-state index in [1.54, 1.807) is 0 Å². The van der Waals surface area contributed by atoms with E-state index in [4.69, 9.17) is 9.47 Å². The van der Waals surface area contributed by atoms with Crippen LogP contribution in [0.15, 0.2) is 65.7 Å². The van der Waals surface area contributed by atoms with Crippen molar-refractivity contribution < 1.29 is 18.7 Å². The van der Waals surface area contributed by atoms with Gasteiger partial charge in [0.2, 0.25) is 0 Å². The van der Waals surface area contributed by atoms with Crippen molar-refractivity contribution in [1.82, 2.24) is 14.9 Å². The zero-order valence-electron chi connectivity index (χ0n) is 16.5. The van der Waals surface area contributed by atoms with Gasteiger partial charge in [0.25, 0.3) is 11.5 Å². The Morgan fingerprint density at radius 1 is 1.07 bits per heavy atom. The van der Waals surface area contributed by atoms with E-state index in [1.807, 2.05) is 31.2 Å². The molecule has 1 N–H and O–H groups in total. The van der Waals surface area contributed by atoms with Crippen LogP contribution in [0.25, 0.3) is 11.3 Å². The molecule has 7 nitrogen and oxygen atoms in total. The van der Waals surface area contributed by atoms with E-state index in [0.29, 0.717) is 18.1 Å². The maximum atomic E-state index is 12.8. The third kappa shape index (κ3) is 5.91. The number of nitrogens with zero attached hydrogens (tertiary/aromatic N) is 2. The number of benzene rings is 2. The maximum absolute atomic E-state index is 12.8. The number of hydrogen-bond donors (Lipinski definition) is 1. The first-order valence-electron chi connectivity index (χ1n) is 9.50. The molecule has 0 unspecified atom stereocenters. The molecule has 0 atom stereocenters. The van der Waals surface area contributed by atoms with Crippen molar-refractivity contribution in [3.63, 3.8) is 0 Å². The Kier molecular flexibility index (Phi) is 7.15. The van der Waals surface area contributed by atoms with Crippen LogP contribution in [0.2, 0.25) is 0 Å². The molecule has 1 aromatic heterocycles. The normalized spacial score (nSPS) is 10.5. The zero-order valence-corrected chi connectivity index (χ0v) is 16.5. The van der Waals surface area contributed by atoms with Crippen molar-refractivity contribution in [3.8, 4) is 22.8 Å². The summed E-state index contributed by atoms with van der Waals surface area (Å²) in [5.41, 5.74) is 1.16. The van der Waals surface area contributed by atoms with Crippen LogP contribution in [0.4, 0.5) is 4.39 Å². The summed E-state index contributed by atoms with van der Waals surface area (Å²) in [6.45, 7) is 2.82. The molecule has 2 aromatic carbocycles. The van der Waals surface area contributed by atoms with E-state index in [1.165, 1.54) is 41.2 Å². The number of halogens is 1.